The van der Waals surface area contributed by atoms with Gasteiger partial charge in [-0.05, 0) is 33.6 Å². The van der Waals surface area contributed by atoms with Gasteiger partial charge >= 0.3 is 0 Å². The largest absolute Gasteiger partial charge is 0.376 e. The van der Waals surface area contributed by atoms with Crippen molar-refractivity contribution < 1.29 is 9.53 Å². The van der Waals surface area contributed by atoms with Crippen LogP contribution < -0.4 is 16.0 Å². The SMILES string of the molecule is CN=C(NCCOC1CCCCCC1)NCC(=O)NC(C)(C)C.I. The fraction of sp³-hybridized carbons (Fsp3) is 0.882. The van der Waals surface area contributed by atoms with Crippen molar-refractivity contribution in [1.29, 1.82) is 0 Å². The maximum atomic E-state index is 11.8. The van der Waals surface area contributed by atoms with Crippen LogP contribution in [0.5, 0.6) is 0 Å². The normalized spacial score (nSPS) is 16.8. The minimum atomic E-state index is -0.220. The van der Waals surface area contributed by atoms with E-state index < -0.39 is 0 Å². The maximum absolute atomic E-state index is 11.8. The van der Waals surface area contributed by atoms with E-state index in [0.717, 1.165) is 0 Å². The minimum absolute atomic E-state index is 0. The molecule has 7 heteroatoms. The molecule has 3 N–H and O–H groups in total. The van der Waals surface area contributed by atoms with Crippen molar-refractivity contribution in [2.45, 2.75) is 70.9 Å². The Kier molecular flexibility index (Phi) is 12.4. The quantitative estimate of drug-likeness (QED) is 0.190. The van der Waals surface area contributed by atoms with Crippen LogP contribution in [0.4, 0.5) is 0 Å². The van der Waals surface area contributed by atoms with E-state index in [1.165, 1.54) is 38.5 Å². The van der Waals surface area contributed by atoms with Crippen molar-refractivity contribution in [3.8, 4) is 0 Å². The summed E-state index contributed by atoms with van der Waals surface area (Å²) >= 11 is 0. The highest BCUT2D eigenvalue weighted by atomic mass is 127. The predicted molar refractivity (Wildman–Crippen MR) is 110 cm³/mol. The minimum Gasteiger partial charge on any atom is -0.376 e. The fourth-order valence-corrected chi connectivity index (χ4v) is 2.65. The first-order chi connectivity index (χ1) is 10.9. The summed E-state index contributed by atoms with van der Waals surface area (Å²) in [5, 5.41) is 9.09. The highest BCUT2D eigenvalue weighted by Crippen LogP contribution is 2.19. The Labute approximate surface area is 164 Å². The zero-order valence-corrected chi connectivity index (χ0v) is 17.9. The second kappa shape index (κ2) is 12.7. The van der Waals surface area contributed by atoms with E-state index >= 15 is 0 Å². The van der Waals surface area contributed by atoms with Gasteiger partial charge in [0, 0.05) is 19.1 Å². The van der Waals surface area contributed by atoms with Gasteiger partial charge in [0.2, 0.25) is 5.91 Å². The summed E-state index contributed by atoms with van der Waals surface area (Å²) in [5.41, 5.74) is -0.220. The van der Waals surface area contributed by atoms with Gasteiger partial charge in [0.05, 0.1) is 19.3 Å². The maximum Gasteiger partial charge on any atom is 0.239 e. The molecule has 6 nitrogen and oxygen atoms in total. The lowest BCUT2D eigenvalue weighted by molar-refractivity contribution is -0.121. The number of amides is 1. The Balaban J connectivity index is 0.00000529. The van der Waals surface area contributed by atoms with Gasteiger partial charge in [0.25, 0.3) is 0 Å². The summed E-state index contributed by atoms with van der Waals surface area (Å²) in [6, 6.07) is 0. The Hall–Kier alpha value is -0.570. The summed E-state index contributed by atoms with van der Waals surface area (Å²) < 4.78 is 5.92. The highest BCUT2D eigenvalue weighted by Gasteiger charge is 2.14. The average molecular weight is 454 g/mol. The van der Waals surface area contributed by atoms with Gasteiger partial charge in [-0.15, -0.1) is 24.0 Å². The van der Waals surface area contributed by atoms with E-state index in [9.17, 15) is 4.79 Å². The molecule has 0 aromatic heterocycles. The number of guanidine groups is 1. The molecule has 0 bridgehead atoms. The molecule has 1 fully saturated rings. The van der Waals surface area contributed by atoms with Crippen molar-refractivity contribution in [3.63, 3.8) is 0 Å². The predicted octanol–water partition coefficient (Wildman–Crippen LogP) is 2.42. The van der Waals surface area contributed by atoms with Crippen LogP contribution >= 0.6 is 24.0 Å². The first-order valence-electron chi connectivity index (χ1n) is 8.78. The third-order valence-electron chi connectivity index (χ3n) is 3.70. The topological polar surface area (TPSA) is 74.8 Å². The second-order valence-electron chi connectivity index (χ2n) is 7.14. The van der Waals surface area contributed by atoms with Crippen LogP contribution in [0.1, 0.15) is 59.3 Å². The number of halogens is 1. The van der Waals surface area contributed by atoms with E-state index in [1.807, 2.05) is 20.8 Å². The van der Waals surface area contributed by atoms with E-state index in [2.05, 4.69) is 20.9 Å². The fourth-order valence-electron chi connectivity index (χ4n) is 2.65. The molecule has 0 heterocycles. The van der Waals surface area contributed by atoms with Gasteiger partial charge < -0.3 is 20.7 Å². The molecule has 1 aliphatic carbocycles. The number of hydrogen-bond donors (Lipinski definition) is 3. The molecule has 0 aliphatic heterocycles. The number of rotatable bonds is 6. The van der Waals surface area contributed by atoms with Crippen LogP contribution in [0.3, 0.4) is 0 Å². The molecular weight excluding hydrogens is 419 g/mol. The molecule has 0 saturated heterocycles. The summed E-state index contributed by atoms with van der Waals surface area (Å²) in [6.07, 6.45) is 8.01. The van der Waals surface area contributed by atoms with Crippen molar-refractivity contribution in [2.75, 3.05) is 26.7 Å². The Bertz CT molecular complexity index is 375. The molecule has 0 aromatic carbocycles. The van der Waals surface area contributed by atoms with Gasteiger partial charge in [0.15, 0.2) is 5.96 Å². The lowest BCUT2D eigenvalue weighted by Gasteiger charge is -2.21. The number of nitrogens with one attached hydrogen (secondary N) is 3. The first kappa shape index (κ1) is 23.4. The summed E-state index contributed by atoms with van der Waals surface area (Å²) in [5.74, 6) is 0.577. The van der Waals surface area contributed by atoms with E-state index in [-0.39, 0.29) is 42.0 Å². The van der Waals surface area contributed by atoms with Crippen LogP contribution in [0.15, 0.2) is 4.99 Å². The van der Waals surface area contributed by atoms with Gasteiger partial charge in [-0.1, -0.05) is 25.7 Å². The van der Waals surface area contributed by atoms with E-state index in [1.54, 1.807) is 7.05 Å². The molecule has 0 spiro atoms. The lowest BCUT2D eigenvalue weighted by Crippen LogP contribution is -2.48. The second-order valence-corrected chi connectivity index (χ2v) is 7.14. The standard InChI is InChI=1S/C17H34N4O2.HI/c1-17(2,3)21-15(22)13-20-16(18-4)19-11-12-23-14-9-7-5-6-8-10-14;/h14H,5-13H2,1-4H3,(H,21,22)(H2,18,19,20);1H. The van der Waals surface area contributed by atoms with E-state index in [0.29, 0.717) is 25.2 Å². The first-order valence-corrected chi connectivity index (χ1v) is 8.78. The molecule has 1 rings (SSSR count). The molecule has 0 atom stereocenters. The number of nitrogens with zero attached hydrogens (tertiary/aromatic N) is 1. The third kappa shape index (κ3) is 11.9. The highest BCUT2D eigenvalue weighted by molar-refractivity contribution is 14.0. The van der Waals surface area contributed by atoms with Gasteiger partial charge in [-0.3, -0.25) is 9.79 Å². The molecule has 142 valence electrons. The summed E-state index contributed by atoms with van der Waals surface area (Å²) in [6.45, 7) is 7.45. The van der Waals surface area contributed by atoms with Crippen molar-refractivity contribution in [2.24, 2.45) is 4.99 Å². The van der Waals surface area contributed by atoms with Crippen molar-refractivity contribution in [1.82, 2.24) is 16.0 Å². The molecule has 24 heavy (non-hydrogen) atoms. The van der Waals surface area contributed by atoms with Crippen LogP contribution in [-0.2, 0) is 9.53 Å². The van der Waals surface area contributed by atoms with Crippen LogP contribution in [0.25, 0.3) is 0 Å². The smallest absolute Gasteiger partial charge is 0.239 e. The Morgan fingerprint density at radius 2 is 1.75 bits per heavy atom. The molecule has 0 aromatic rings. The molecule has 1 amide bonds. The number of carbonyl (C=O) groups is 1. The van der Waals surface area contributed by atoms with Crippen LogP contribution in [-0.4, -0.2) is 50.3 Å². The monoisotopic (exact) mass is 454 g/mol. The third-order valence-corrected chi connectivity index (χ3v) is 3.70. The zero-order valence-electron chi connectivity index (χ0n) is 15.6. The summed E-state index contributed by atoms with van der Waals surface area (Å²) in [7, 11) is 1.70. The summed E-state index contributed by atoms with van der Waals surface area (Å²) in [4.78, 5) is 15.9. The number of ether oxygens (including phenoxy) is 1. The van der Waals surface area contributed by atoms with E-state index in [4.69, 9.17) is 4.74 Å². The molecule has 0 unspecified atom stereocenters. The Morgan fingerprint density at radius 1 is 1.12 bits per heavy atom. The van der Waals surface area contributed by atoms with Gasteiger partial charge in [-0.25, -0.2) is 0 Å². The molecular formula is C17H35IN4O2. The molecule has 1 aliphatic rings. The molecule has 0 radical (unpaired) electrons. The number of aliphatic imine (C=N–C) groups is 1. The van der Waals surface area contributed by atoms with Crippen LogP contribution in [0, 0.1) is 0 Å². The lowest BCUT2D eigenvalue weighted by atomic mass is 10.1. The number of hydrogen-bond acceptors (Lipinski definition) is 3. The van der Waals surface area contributed by atoms with Crippen molar-refractivity contribution in [3.05, 3.63) is 0 Å². The number of carbonyl (C=O) groups excluding carboxylic acids is 1. The zero-order chi connectivity index (χ0) is 17.1. The van der Waals surface area contributed by atoms with Crippen LogP contribution in [0.2, 0.25) is 0 Å². The van der Waals surface area contributed by atoms with Gasteiger partial charge in [-0.2, -0.15) is 0 Å². The average Bonchev–Trinajstić information content (AvgIpc) is 2.73. The van der Waals surface area contributed by atoms with Crippen molar-refractivity contribution >= 4 is 35.8 Å². The Morgan fingerprint density at radius 3 is 2.29 bits per heavy atom. The van der Waals surface area contributed by atoms with Gasteiger partial charge in [0.1, 0.15) is 0 Å². The molecule has 1 saturated carbocycles.